The van der Waals surface area contributed by atoms with E-state index in [1.807, 2.05) is 26.1 Å². The third kappa shape index (κ3) is 3.58. The van der Waals surface area contributed by atoms with E-state index in [0.29, 0.717) is 16.5 Å². The SMILES string of the molecule is Cc1cc(F)c2nc(N3CCC4(C=C(c5c(-c6c(C)cncc6Cl)noc5C5CC5)C4)CC3)sc2c1. The summed E-state index contributed by atoms with van der Waals surface area (Å²) in [5.74, 6) is 1.25. The van der Waals surface area contributed by atoms with Crippen LogP contribution in [0.15, 0.2) is 35.1 Å². The Morgan fingerprint density at radius 1 is 1.14 bits per heavy atom. The summed E-state index contributed by atoms with van der Waals surface area (Å²) in [6.07, 6.45) is 11.4. The molecule has 0 N–H and O–H groups in total. The van der Waals surface area contributed by atoms with Gasteiger partial charge < -0.3 is 9.42 Å². The van der Waals surface area contributed by atoms with Gasteiger partial charge >= 0.3 is 0 Å². The normalized spacial score (nSPS) is 19.1. The molecule has 0 radical (unpaired) electrons. The van der Waals surface area contributed by atoms with Gasteiger partial charge in [-0.3, -0.25) is 4.98 Å². The lowest BCUT2D eigenvalue weighted by Crippen LogP contribution is -2.42. The van der Waals surface area contributed by atoms with Crippen molar-refractivity contribution in [2.24, 2.45) is 5.41 Å². The molecule has 1 aromatic carbocycles. The van der Waals surface area contributed by atoms with E-state index in [-0.39, 0.29) is 11.2 Å². The molecular weight excluding hydrogens is 495 g/mol. The number of halogens is 2. The molecule has 1 saturated heterocycles. The second-order valence-corrected chi connectivity index (χ2v) is 12.1. The first-order valence-electron chi connectivity index (χ1n) is 12.5. The van der Waals surface area contributed by atoms with Crippen molar-refractivity contribution >= 4 is 43.9 Å². The molecule has 36 heavy (non-hydrogen) atoms. The van der Waals surface area contributed by atoms with Crippen LogP contribution in [0.4, 0.5) is 9.52 Å². The molecule has 4 aromatic rings. The van der Waals surface area contributed by atoms with Crippen LogP contribution in [0, 0.1) is 25.1 Å². The third-order valence-corrected chi connectivity index (χ3v) is 9.30. The molecule has 0 unspecified atom stereocenters. The van der Waals surface area contributed by atoms with E-state index < -0.39 is 0 Å². The number of aromatic nitrogens is 3. The van der Waals surface area contributed by atoms with E-state index in [9.17, 15) is 4.39 Å². The molecule has 1 aliphatic heterocycles. The predicted molar refractivity (Wildman–Crippen MR) is 142 cm³/mol. The second-order valence-electron chi connectivity index (χ2n) is 10.6. The monoisotopic (exact) mass is 520 g/mol. The lowest BCUT2D eigenvalue weighted by Gasteiger charge is -2.46. The van der Waals surface area contributed by atoms with Gasteiger partial charge in [-0.25, -0.2) is 9.37 Å². The van der Waals surface area contributed by atoms with Crippen LogP contribution in [0.25, 0.3) is 27.0 Å². The Labute approximate surface area is 218 Å². The number of allylic oxidation sites excluding steroid dienone is 2. The number of hydrogen-bond donors (Lipinski definition) is 0. The average Bonchev–Trinajstić information content (AvgIpc) is 3.44. The van der Waals surface area contributed by atoms with Crippen molar-refractivity contribution in [3.05, 3.63) is 63.9 Å². The highest BCUT2D eigenvalue weighted by atomic mass is 35.5. The minimum absolute atomic E-state index is 0.191. The van der Waals surface area contributed by atoms with Crippen molar-refractivity contribution in [2.45, 2.75) is 51.9 Å². The van der Waals surface area contributed by atoms with Crippen molar-refractivity contribution in [3.8, 4) is 11.3 Å². The lowest BCUT2D eigenvalue weighted by atomic mass is 9.63. The molecule has 5 nitrogen and oxygen atoms in total. The van der Waals surface area contributed by atoms with E-state index in [1.54, 1.807) is 23.6 Å². The van der Waals surface area contributed by atoms with Crippen molar-refractivity contribution in [2.75, 3.05) is 18.0 Å². The molecule has 3 aromatic heterocycles. The van der Waals surface area contributed by atoms with Crippen molar-refractivity contribution in [1.29, 1.82) is 0 Å². The molecule has 3 aliphatic rings. The molecule has 2 fully saturated rings. The summed E-state index contributed by atoms with van der Waals surface area (Å²) < 4.78 is 21.2. The number of hydrogen-bond acceptors (Lipinski definition) is 6. The van der Waals surface area contributed by atoms with E-state index in [2.05, 4.69) is 26.1 Å². The number of fused-ring (bicyclic) bond motifs is 1. The van der Waals surface area contributed by atoms with Crippen molar-refractivity contribution < 1.29 is 8.91 Å². The molecule has 1 saturated carbocycles. The topological polar surface area (TPSA) is 55.1 Å². The minimum Gasteiger partial charge on any atom is -0.360 e. The Hall–Kier alpha value is -2.77. The van der Waals surface area contributed by atoms with Crippen molar-refractivity contribution in [1.82, 2.24) is 15.1 Å². The smallest absolute Gasteiger partial charge is 0.186 e. The molecule has 0 amide bonds. The van der Waals surface area contributed by atoms with E-state index in [0.717, 1.165) is 88.7 Å². The standard InChI is InChI=1S/C28H26ClFN4OS/c1-15-9-20(30)24-21(10-15)36-27(32-24)34-7-5-28(6-8-34)11-18(12-28)23-25(33-35-26(23)17-3-4-17)22-16(2)13-31-14-19(22)29/h9-11,13-14,17H,3-8,12H2,1-2H3. The van der Waals surface area contributed by atoms with Gasteiger partial charge in [-0.05, 0) is 80.2 Å². The lowest BCUT2D eigenvalue weighted by molar-refractivity contribution is 0.277. The van der Waals surface area contributed by atoms with Crippen LogP contribution in [-0.4, -0.2) is 28.2 Å². The van der Waals surface area contributed by atoms with Gasteiger partial charge in [0.25, 0.3) is 0 Å². The van der Waals surface area contributed by atoms with Crippen LogP contribution in [0.2, 0.25) is 5.02 Å². The minimum atomic E-state index is -0.229. The molecule has 4 heterocycles. The third-order valence-electron chi connectivity index (χ3n) is 7.95. The molecule has 1 spiro atoms. The fraction of sp³-hybridized carbons (Fsp3) is 0.393. The zero-order valence-electron chi connectivity index (χ0n) is 20.3. The van der Waals surface area contributed by atoms with Crippen LogP contribution >= 0.6 is 22.9 Å². The Morgan fingerprint density at radius 2 is 1.92 bits per heavy atom. The van der Waals surface area contributed by atoms with Crippen molar-refractivity contribution in [3.63, 3.8) is 0 Å². The molecule has 8 heteroatoms. The summed E-state index contributed by atoms with van der Waals surface area (Å²) in [5.41, 5.74) is 6.87. The fourth-order valence-electron chi connectivity index (χ4n) is 5.83. The Kier molecular flexibility index (Phi) is 5.06. The highest BCUT2D eigenvalue weighted by Crippen LogP contribution is 2.56. The van der Waals surface area contributed by atoms with Gasteiger partial charge in [0.05, 0.1) is 9.72 Å². The van der Waals surface area contributed by atoms with Gasteiger partial charge in [0, 0.05) is 42.5 Å². The molecule has 184 valence electrons. The average molecular weight is 521 g/mol. The summed E-state index contributed by atoms with van der Waals surface area (Å²) in [7, 11) is 0. The van der Waals surface area contributed by atoms with Gasteiger partial charge in [-0.1, -0.05) is 34.2 Å². The van der Waals surface area contributed by atoms with Gasteiger partial charge in [0.2, 0.25) is 0 Å². The number of aryl methyl sites for hydroxylation is 2. The van der Waals surface area contributed by atoms with Gasteiger partial charge in [0.15, 0.2) is 10.9 Å². The zero-order chi connectivity index (χ0) is 24.6. The van der Waals surface area contributed by atoms with E-state index in [4.69, 9.17) is 16.1 Å². The number of anilines is 1. The van der Waals surface area contributed by atoms with Crippen LogP contribution in [0.5, 0.6) is 0 Å². The highest BCUT2D eigenvalue weighted by Gasteiger charge is 2.44. The van der Waals surface area contributed by atoms with Crippen LogP contribution in [0.1, 0.15) is 60.5 Å². The second kappa shape index (κ2) is 8.12. The molecule has 2 aliphatic carbocycles. The highest BCUT2D eigenvalue weighted by molar-refractivity contribution is 7.22. The largest absolute Gasteiger partial charge is 0.360 e. The Morgan fingerprint density at radius 3 is 2.64 bits per heavy atom. The summed E-state index contributed by atoms with van der Waals surface area (Å²) in [5, 5.41) is 6.05. The Balaban J connectivity index is 1.16. The first-order chi connectivity index (χ1) is 17.4. The number of nitrogens with zero attached hydrogens (tertiary/aromatic N) is 4. The van der Waals surface area contributed by atoms with Gasteiger partial charge in [0.1, 0.15) is 17.0 Å². The summed E-state index contributed by atoms with van der Waals surface area (Å²) in [6.45, 7) is 5.79. The Bertz CT molecular complexity index is 1520. The predicted octanol–water partition coefficient (Wildman–Crippen LogP) is 7.71. The number of piperidine rings is 1. The first-order valence-corrected chi connectivity index (χ1v) is 13.7. The van der Waals surface area contributed by atoms with Gasteiger partial charge in [-0.15, -0.1) is 0 Å². The maximum absolute atomic E-state index is 14.4. The molecule has 0 atom stereocenters. The maximum atomic E-state index is 14.4. The summed E-state index contributed by atoms with van der Waals surface area (Å²) in [4.78, 5) is 11.2. The van der Waals surface area contributed by atoms with Crippen LogP contribution in [0.3, 0.4) is 0 Å². The number of benzene rings is 1. The molecule has 7 rings (SSSR count). The van der Waals surface area contributed by atoms with E-state index >= 15 is 0 Å². The number of thiazole rings is 1. The molecular formula is C28H26ClFN4OS. The van der Waals surface area contributed by atoms with Crippen LogP contribution < -0.4 is 4.90 Å². The quantitative estimate of drug-likeness (QED) is 0.276. The van der Waals surface area contributed by atoms with Crippen LogP contribution in [-0.2, 0) is 0 Å². The van der Waals surface area contributed by atoms with Gasteiger partial charge in [-0.2, -0.15) is 0 Å². The number of pyridine rings is 1. The molecule has 0 bridgehead atoms. The first kappa shape index (κ1) is 22.4. The zero-order valence-corrected chi connectivity index (χ0v) is 21.8. The number of rotatable bonds is 4. The summed E-state index contributed by atoms with van der Waals surface area (Å²) >= 11 is 8.16. The summed E-state index contributed by atoms with van der Waals surface area (Å²) in [6, 6.07) is 3.59. The van der Waals surface area contributed by atoms with E-state index in [1.165, 1.54) is 5.57 Å². The fourth-order valence-corrected chi connectivity index (χ4v) is 7.25. The maximum Gasteiger partial charge on any atom is 0.186 e.